The number of rotatable bonds is 8. The van der Waals surface area contributed by atoms with Gasteiger partial charge in [0.2, 0.25) is 0 Å². The molecule has 0 aromatic carbocycles. The summed E-state index contributed by atoms with van der Waals surface area (Å²) in [4.78, 5) is 8.20. The van der Waals surface area contributed by atoms with Crippen molar-refractivity contribution in [2.45, 2.75) is 26.3 Å². The third-order valence-corrected chi connectivity index (χ3v) is 4.84. The van der Waals surface area contributed by atoms with Crippen molar-refractivity contribution in [2.75, 3.05) is 19.7 Å². The molecule has 0 atom stereocenters. The van der Waals surface area contributed by atoms with Gasteiger partial charge in [-0.2, -0.15) is 0 Å². The second-order valence-electron chi connectivity index (χ2n) is 4.47. The summed E-state index contributed by atoms with van der Waals surface area (Å²) >= 11 is 3.43. The van der Waals surface area contributed by atoms with Crippen LogP contribution < -0.4 is 0 Å². The van der Waals surface area contributed by atoms with Crippen LogP contribution >= 0.6 is 22.7 Å². The molecule has 5 heteroatoms. The summed E-state index contributed by atoms with van der Waals surface area (Å²) in [5, 5.41) is 14.4. The Morgan fingerprint density at radius 1 is 1.32 bits per heavy atom. The van der Waals surface area contributed by atoms with E-state index in [0.29, 0.717) is 0 Å². The maximum absolute atomic E-state index is 9.11. The second kappa shape index (κ2) is 7.75. The highest BCUT2D eigenvalue weighted by Gasteiger charge is 2.09. The van der Waals surface area contributed by atoms with E-state index in [2.05, 4.69) is 39.7 Å². The molecule has 0 amide bonds. The molecule has 0 spiro atoms. The number of unbranched alkanes of at least 4 members (excludes halogenated alkanes) is 1. The molecule has 104 valence electrons. The predicted molar refractivity (Wildman–Crippen MR) is 82.7 cm³/mol. The van der Waals surface area contributed by atoms with E-state index in [0.717, 1.165) is 30.3 Å². The molecule has 0 aliphatic rings. The van der Waals surface area contributed by atoms with E-state index >= 15 is 0 Å². The van der Waals surface area contributed by atoms with Crippen LogP contribution in [0.1, 0.15) is 25.5 Å². The lowest BCUT2D eigenvalue weighted by atomic mass is 10.3. The van der Waals surface area contributed by atoms with Gasteiger partial charge < -0.3 is 5.11 Å². The van der Waals surface area contributed by atoms with Crippen LogP contribution in [0.25, 0.3) is 9.88 Å². The van der Waals surface area contributed by atoms with Gasteiger partial charge in [0.15, 0.2) is 0 Å². The van der Waals surface area contributed by atoms with E-state index < -0.39 is 0 Å². The summed E-state index contributed by atoms with van der Waals surface area (Å²) in [5.74, 6) is 0. The van der Waals surface area contributed by atoms with Gasteiger partial charge in [0.25, 0.3) is 0 Å². The average Bonchev–Trinajstić information content (AvgIpc) is 3.06. The lowest BCUT2D eigenvalue weighted by molar-refractivity contribution is 0.187. The zero-order valence-electron chi connectivity index (χ0n) is 11.2. The summed E-state index contributed by atoms with van der Waals surface area (Å²) in [7, 11) is 0. The molecule has 2 aromatic heterocycles. The smallest absolute Gasteiger partial charge is 0.133 e. The van der Waals surface area contributed by atoms with Crippen LogP contribution in [0.15, 0.2) is 22.9 Å². The fraction of sp³-hybridized carbons (Fsp3) is 0.500. The first-order chi connectivity index (χ1) is 9.33. The van der Waals surface area contributed by atoms with Crippen LogP contribution in [0.2, 0.25) is 0 Å². The zero-order valence-corrected chi connectivity index (χ0v) is 12.8. The van der Waals surface area contributed by atoms with Crippen molar-refractivity contribution in [1.82, 2.24) is 9.88 Å². The number of aliphatic hydroxyl groups excluding tert-OH is 1. The summed E-state index contributed by atoms with van der Waals surface area (Å²) < 4.78 is 0. The van der Waals surface area contributed by atoms with Crippen LogP contribution in [-0.2, 0) is 6.54 Å². The fourth-order valence-corrected chi connectivity index (χ4v) is 3.54. The number of thiophene rings is 1. The Kier molecular flexibility index (Phi) is 5.97. The quantitative estimate of drug-likeness (QED) is 0.810. The molecule has 0 bridgehead atoms. The molecule has 0 aliphatic carbocycles. The van der Waals surface area contributed by atoms with Gasteiger partial charge in [-0.3, -0.25) is 4.90 Å². The zero-order chi connectivity index (χ0) is 13.5. The third-order valence-electron chi connectivity index (χ3n) is 2.91. The Labute approximate surface area is 122 Å². The van der Waals surface area contributed by atoms with Crippen LogP contribution in [0.3, 0.4) is 0 Å². The van der Waals surface area contributed by atoms with Crippen molar-refractivity contribution in [3.8, 4) is 9.88 Å². The van der Waals surface area contributed by atoms with Gasteiger partial charge in [-0.15, -0.1) is 22.7 Å². The maximum Gasteiger partial charge on any atom is 0.133 e. The Balaban J connectivity index is 1.97. The lowest BCUT2D eigenvalue weighted by Crippen LogP contribution is -2.27. The summed E-state index contributed by atoms with van der Waals surface area (Å²) in [6.07, 6.45) is 2.35. The minimum atomic E-state index is 0.214. The van der Waals surface area contributed by atoms with E-state index in [1.165, 1.54) is 17.7 Å². The van der Waals surface area contributed by atoms with Crippen molar-refractivity contribution in [3.05, 3.63) is 28.6 Å². The van der Waals surface area contributed by atoms with Crippen LogP contribution in [0.4, 0.5) is 0 Å². The molecule has 0 aliphatic heterocycles. The number of hydrogen-bond donors (Lipinski definition) is 1. The Morgan fingerprint density at radius 3 is 2.89 bits per heavy atom. The van der Waals surface area contributed by atoms with Gasteiger partial charge >= 0.3 is 0 Å². The van der Waals surface area contributed by atoms with Crippen molar-refractivity contribution in [2.24, 2.45) is 0 Å². The molecular formula is C14H20N2OS2. The fourth-order valence-electron chi connectivity index (χ4n) is 1.92. The average molecular weight is 296 g/mol. The molecule has 0 unspecified atom stereocenters. The standard InChI is InChI=1S/C14H20N2OS2/c1-2-3-6-16(7-8-17)10-12-11-19-14(15-12)13-5-4-9-18-13/h4-5,9,11,17H,2-3,6-8,10H2,1H3. The largest absolute Gasteiger partial charge is 0.395 e. The number of aromatic nitrogens is 1. The molecule has 0 saturated carbocycles. The first kappa shape index (κ1) is 14.7. The number of hydrogen-bond acceptors (Lipinski definition) is 5. The third kappa shape index (κ3) is 4.38. The molecule has 0 fully saturated rings. The SMILES string of the molecule is CCCCN(CCO)Cc1csc(-c2cccs2)n1. The van der Waals surface area contributed by atoms with E-state index in [4.69, 9.17) is 5.11 Å². The second-order valence-corrected chi connectivity index (χ2v) is 6.28. The molecule has 2 rings (SSSR count). The molecule has 19 heavy (non-hydrogen) atoms. The van der Waals surface area contributed by atoms with E-state index in [1.807, 2.05) is 0 Å². The van der Waals surface area contributed by atoms with Gasteiger partial charge in [0, 0.05) is 18.5 Å². The molecule has 2 aromatic rings. The van der Waals surface area contributed by atoms with Gasteiger partial charge in [0.05, 0.1) is 17.2 Å². The van der Waals surface area contributed by atoms with Crippen LogP contribution in [0, 0.1) is 0 Å². The van der Waals surface area contributed by atoms with E-state index in [9.17, 15) is 0 Å². The highest BCUT2D eigenvalue weighted by atomic mass is 32.1. The van der Waals surface area contributed by atoms with Crippen molar-refractivity contribution < 1.29 is 5.11 Å². The van der Waals surface area contributed by atoms with Crippen molar-refractivity contribution in [1.29, 1.82) is 0 Å². The summed E-state index contributed by atoms with van der Waals surface area (Å²) in [5.41, 5.74) is 1.11. The molecule has 2 heterocycles. The Morgan fingerprint density at radius 2 is 2.21 bits per heavy atom. The molecular weight excluding hydrogens is 276 g/mol. The van der Waals surface area contributed by atoms with E-state index in [1.54, 1.807) is 22.7 Å². The van der Waals surface area contributed by atoms with Gasteiger partial charge in [-0.1, -0.05) is 19.4 Å². The molecule has 3 nitrogen and oxygen atoms in total. The highest BCUT2D eigenvalue weighted by molar-refractivity contribution is 7.20. The topological polar surface area (TPSA) is 36.4 Å². The number of nitrogens with zero attached hydrogens (tertiary/aromatic N) is 2. The molecule has 0 radical (unpaired) electrons. The normalized spacial score (nSPS) is 11.3. The Bertz CT molecular complexity index is 468. The maximum atomic E-state index is 9.11. The van der Waals surface area contributed by atoms with Crippen molar-refractivity contribution in [3.63, 3.8) is 0 Å². The first-order valence-corrected chi connectivity index (χ1v) is 8.41. The van der Waals surface area contributed by atoms with Crippen molar-refractivity contribution >= 4 is 22.7 Å². The molecule has 0 saturated heterocycles. The van der Waals surface area contributed by atoms with Gasteiger partial charge in [-0.25, -0.2) is 4.98 Å². The minimum absolute atomic E-state index is 0.214. The Hall–Kier alpha value is -0.750. The van der Waals surface area contributed by atoms with E-state index in [-0.39, 0.29) is 6.61 Å². The lowest BCUT2D eigenvalue weighted by Gasteiger charge is -2.19. The van der Waals surface area contributed by atoms with Gasteiger partial charge in [-0.05, 0) is 24.4 Å². The highest BCUT2D eigenvalue weighted by Crippen LogP contribution is 2.28. The summed E-state index contributed by atoms with van der Waals surface area (Å²) in [6.45, 7) is 5.00. The summed E-state index contributed by atoms with van der Waals surface area (Å²) in [6, 6.07) is 4.16. The monoisotopic (exact) mass is 296 g/mol. The number of thiazole rings is 1. The van der Waals surface area contributed by atoms with Gasteiger partial charge in [0.1, 0.15) is 5.01 Å². The van der Waals surface area contributed by atoms with Crippen LogP contribution in [-0.4, -0.2) is 34.7 Å². The van der Waals surface area contributed by atoms with Crippen LogP contribution in [0.5, 0.6) is 0 Å². The minimum Gasteiger partial charge on any atom is -0.395 e. The number of aliphatic hydroxyl groups is 1. The predicted octanol–water partition coefficient (Wildman–Crippen LogP) is 3.47. The first-order valence-electron chi connectivity index (χ1n) is 6.65. The molecule has 1 N–H and O–H groups in total.